The average Bonchev–Trinajstić information content (AvgIpc) is 3.50. The predicted octanol–water partition coefficient (Wildman–Crippen LogP) is 5.14. The van der Waals surface area contributed by atoms with Crippen LogP contribution in [0.5, 0.6) is 5.75 Å². The monoisotopic (exact) mass is 505 g/mol. The minimum atomic E-state index is -0.896. The van der Waals surface area contributed by atoms with Crippen molar-refractivity contribution in [2.75, 3.05) is 18.8 Å². The number of rotatable bonds is 4. The lowest BCUT2D eigenvalue weighted by Gasteiger charge is -2.22. The van der Waals surface area contributed by atoms with Gasteiger partial charge in [0.2, 0.25) is 0 Å². The van der Waals surface area contributed by atoms with E-state index in [0.29, 0.717) is 35.7 Å². The van der Waals surface area contributed by atoms with Gasteiger partial charge in [0.05, 0.1) is 10.7 Å². The smallest absolute Gasteiger partial charge is 0.407 e. The van der Waals surface area contributed by atoms with Gasteiger partial charge >= 0.3 is 6.09 Å². The van der Waals surface area contributed by atoms with Crippen LogP contribution in [0.4, 0.5) is 15.0 Å². The number of aromatic nitrogens is 3. The maximum atomic E-state index is 14.0. The van der Waals surface area contributed by atoms with Crippen LogP contribution in [0, 0.1) is 5.82 Å². The lowest BCUT2D eigenvalue weighted by molar-refractivity contribution is 0.153. The van der Waals surface area contributed by atoms with E-state index >= 15 is 0 Å². The highest BCUT2D eigenvalue weighted by molar-refractivity contribution is 6.36. The number of nitrogen functional groups attached to an aromatic ring is 1. The van der Waals surface area contributed by atoms with E-state index in [1.165, 1.54) is 17.0 Å². The van der Waals surface area contributed by atoms with Gasteiger partial charge < -0.3 is 20.5 Å². The molecule has 2 aliphatic heterocycles. The molecule has 0 saturated carbocycles. The van der Waals surface area contributed by atoms with Crippen LogP contribution in [-0.2, 0) is 12.0 Å². The third-order valence-electron chi connectivity index (χ3n) is 6.72. The summed E-state index contributed by atoms with van der Waals surface area (Å²) in [4.78, 5) is 17.1. The zero-order valence-corrected chi connectivity index (χ0v) is 19.8. The third-order valence-corrected chi connectivity index (χ3v) is 7.43. The van der Waals surface area contributed by atoms with Crippen LogP contribution in [0.15, 0.2) is 30.5 Å². The summed E-state index contributed by atoms with van der Waals surface area (Å²) in [5, 5.41) is 14.3. The quantitative estimate of drug-likeness (QED) is 0.475. The number of halogens is 3. The summed E-state index contributed by atoms with van der Waals surface area (Å²) in [6.07, 6.45) is 1.65. The molecule has 1 saturated heterocycles. The summed E-state index contributed by atoms with van der Waals surface area (Å²) in [6, 6.07) is 6.33. The molecule has 4 heterocycles. The fourth-order valence-corrected chi connectivity index (χ4v) is 5.58. The first-order valence-electron chi connectivity index (χ1n) is 10.8. The number of nitrogens with zero attached hydrogens (tertiary/aromatic N) is 4. The Labute approximate surface area is 205 Å². The summed E-state index contributed by atoms with van der Waals surface area (Å²) in [5.74, 6) is -0.135. The fourth-order valence-electron chi connectivity index (χ4n) is 4.91. The normalized spacial score (nSPS) is 20.1. The van der Waals surface area contributed by atoms with Gasteiger partial charge in [-0.15, -0.1) is 0 Å². The maximum Gasteiger partial charge on any atom is 0.407 e. The van der Waals surface area contributed by atoms with E-state index in [9.17, 15) is 14.3 Å². The number of amides is 1. The Kier molecular flexibility index (Phi) is 5.56. The molecule has 0 radical (unpaired) electrons. The molecular formula is C23H22Cl2FN5O3. The topological polar surface area (TPSA) is 106 Å². The molecule has 2 atom stereocenters. The summed E-state index contributed by atoms with van der Waals surface area (Å²) < 4.78 is 21.9. The lowest BCUT2D eigenvalue weighted by atomic mass is 9.82. The van der Waals surface area contributed by atoms with E-state index in [1.54, 1.807) is 19.2 Å². The Hall–Kier alpha value is -3.04. The molecule has 5 rings (SSSR count). The number of likely N-dealkylation sites (tertiary alicyclic amines) is 1. The van der Waals surface area contributed by atoms with Crippen molar-refractivity contribution in [3.05, 3.63) is 57.6 Å². The van der Waals surface area contributed by atoms with Crippen molar-refractivity contribution in [1.82, 2.24) is 19.7 Å². The Morgan fingerprint density at radius 1 is 1.29 bits per heavy atom. The predicted molar refractivity (Wildman–Crippen MR) is 126 cm³/mol. The molecule has 34 heavy (non-hydrogen) atoms. The second kappa shape index (κ2) is 8.32. The molecule has 1 amide bonds. The molecule has 8 nitrogen and oxygen atoms in total. The molecule has 1 fully saturated rings. The van der Waals surface area contributed by atoms with Crippen molar-refractivity contribution in [3.8, 4) is 17.0 Å². The van der Waals surface area contributed by atoms with Gasteiger partial charge in [0.1, 0.15) is 11.9 Å². The number of carboxylic acid groups (broad SMARTS) is 1. The van der Waals surface area contributed by atoms with Crippen LogP contribution >= 0.6 is 23.2 Å². The number of pyridine rings is 1. The summed E-state index contributed by atoms with van der Waals surface area (Å²) >= 11 is 12.3. The first-order valence-corrected chi connectivity index (χ1v) is 11.6. The number of anilines is 1. The van der Waals surface area contributed by atoms with Crippen LogP contribution in [0.2, 0.25) is 10.0 Å². The molecule has 0 bridgehead atoms. The van der Waals surface area contributed by atoms with Gasteiger partial charge in [-0.2, -0.15) is 5.10 Å². The van der Waals surface area contributed by atoms with E-state index in [1.807, 2.05) is 10.7 Å². The third kappa shape index (κ3) is 3.73. The Morgan fingerprint density at radius 3 is 2.79 bits per heavy atom. The maximum absolute atomic E-state index is 14.0. The van der Waals surface area contributed by atoms with Crippen molar-refractivity contribution >= 4 is 35.1 Å². The van der Waals surface area contributed by atoms with E-state index in [2.05, 4.69) is 4.98 Å². The van der Waals surface area contributed by atoms with Gasteiger partial charge in [-0.25, -0.2) is 14.2 Å². The first-order chi connectivity index (χ1) is 16.2. The average molecular weight is 506 g/mol. The second-order valence-electron chi connectivity index (χ2n) is 8.75. The molecule has 3 aromatic rings. The highest BCUT2D eigenvalue weighted by Crippen LogP contribution is 2.44. The number of nitrogens with two attached hydrogens (primary N) is 1. The number of hydrogen-bond donors (Lipinski definition) is 2. The summed E-state index contributed by atoms with van der Waals surface area (Å²) in [6.45, 7) is 3.40. The largest absolute Gasteiger partial charge is 0.482 e. The molecule has 0 aliphatic carbocycles. The SMILES string of the molecule is CC(Oc1cc(-c2cc3n(n2)CC[C@@]32CCN(C(=O)O)C2)cnc1N)c1c(Cl)ccc(F)c1Cl. The standard InChI is InChI=1S/C23H22Cl2FN5O3/c1-12(19-14(24)2-3-15(26)20(19)25)34-17-8-13(10-28-21(17)27)16-9-18-23(5-7-31(18)29-16)4-6-30(11-23)22(32)33/h2-3,8-10,12H,4-7,11H2,1H3,(H2,27,28)(H,32,33)/t12?,23-/m1/s1. The first kappa shape index (κ1) is 22.7. The number of benzene rings is 1. The summed E-state index contributed by atoms with van der Waals surface area (Å²) in [7, 11) is 0. The second-order valence-corrected chi connectivity index (χ2v) is 9.53. The molecule has 3 N–H and O–H groups in total. The molecular weight excluding hydrogens is 484 g/mol. The van der Waals surface area contributed by atoms with E-state index < -0.39 is 18.0 Å². The number of hydrogen-bond acceptors (Lipinski definition) is 5. The van der Waals surface area contributed by atoms with Crippen molar-refractivity contribution in [2.45, 2.75) is 37.8 Å². The van der Waals surface area contributed by atoms with Crippen molar-refractivity contribution in [1.29, 1.82) is 0 Å². The highest BCUT2D eigenvalue weighted by atomic mass is 35.5. The molecule has 1 aromatic carbocycles. The van der Waals surface area contributed by atoms with Crippen LogP contribution < -0.4 is 10.5 Å². The van der Waals surface area contributed by atoms with Crippen molar-refractivity contribution < 1.29 is 19.0 Å². The lowest BCUT2D eigenvalue weighted by Crippen LogP contribution is -2.32. The molecule has 2 aromatic heterocycles. The number of ether oxygens (including phenoxy) is 1. The van der Waals surface area contributed by atoms with Crippen LogP contribution in [0.3, 0.4) is 0 Å². The number of fused-ring (bicyclic) bond motifs is 2. The van der Waals surface area contributed by atoms with Crippen LogP contribution in [0.25, 0.3) is 11.3 Å². The minimum Gasteiger partial charge on any atom is -0.482 e. The zero-order valence-electron chi connectivity index (χ0n) is 18.3. The highest BCUT2D eigenvalue weighted by Gasteiger charge is 2.47. The van der Waals surface area contributed by atoms with E-state index in [-0.39, 0.29) is 21.3 Å². The Balaban J connectivity index is 1.43. The van der Waals surface area contributed by atoms with Crippen LogP contribution in [0.1, 0.15) is 37.1 Å². The van der Waals surface area contributed by atoms with Gasteiger partial charge in [0, 0.05) is 53.1 Å². The van der Waals surface area contributed by atoms with Gasteiger partial charge in [0.25, 0.3) is 0 Å². The van der Waals surface area contributed by atoms with Crippen molar-refractivity contribution in [3.63, 3.8) is 0 Å². The minimum absolute atomic E-state index is 0.106. The van der Waals surface area contributed by atoms with Gasteiger partial charge in [-0.05, 0) is 44.0 Å². The molecule has 2 aliphatic rings. The van der Waals surface area contributed by atoms with Gasteiger partial charge in [0.15, 0.2) is 11.6 Å². The Bertz CT molecular complexity index is 1300. The van der Waals surface area contributed by atoms with Crippen molar-refractivity contribution in [2.24, 2.45) is 0 Å². The zero-order chi connectivity index (χ0) is 24.2. The molecule has 1 unspecified atom stereocenters. The Morgan fingerprint density at radius 2 is 2.06 bits per heavy atom. The molecule has 1 spiro atoms. The molecule has 11 heteroatoms. The number of aryl methyl sites for hydroxylation is 1. The summed E-state index contributed by atoms with van der Waals surface area (Å²) in [5.41, 5.74) is 8.56. The number of carbonyl (C=O) groups is 1. The fraction of sp³-hybridized carbons (Fsp3) is 0.348. The molecule has 178 valence electrons. The van der Waals surface area contributed by atoms with Gasteiger partial charge in [-0.3, -0.25) is 4.68 Å². The van der Waals surface area contributed by atoms with Gasteiger partial charge in [-0.1, -0.05) is 23.2 Å². The van der Waals surface area contributed by atoms with Crippen LogP contribution in [-0.4, -0.2) is 44.0 Å². The van der Waals surface area contributed by atoms with E-state index in [0.717, 1.165) is 25.1 Å². The van der Waals surface area contributed by atoms with E-state index in [4.69, 9.17) is 38.8 Å².